The maximum absolute atomic E-state index is 12.0. The third-order valence-electron chi connectivity index (χ3n) is 2.91. The van der Waals surface area contributed by atoms with Gasteiger partial charge in [0.15, 0.2) is 5.82 Å². The van der Waals surface area contributed by atoms with E-state index in [1.807, 2.05) is 44.2 Å². The van der Waals surface area contributed by atoms with Crippen LogP contribution < -0.4 is 10.9 Å². The molecule has 0 saturated heterocycles. The summed E-state index contributed by atoms with van der Waals surface area (Å²) in [4.78, 5) is 16.1. The molecule has 4 nitrogen and oxygen atoms in total. The van der Waals surface area contributed by atoms with Gasteiger partial charge in [-0.25, -0.2) is 4.98 Å². The molecule has 0 amide bonds. The van der Waals surface area contributed by atoms with Gasteiger partial charge in [-0.15, -0.1) is 0 Å². The normalized spacial score (nSPS) is 12.1. The van der Waals surface area contributed by atoms with Crippen molar-refractivity contribution >= 4 is 5.82 Å². The Morgan fingerprint density at radius 3 is 2.72 bits per heavy atom. The molecule has 1 aromatic carbocycles. The monoisotopic (exact) mass is 243 g/mol. The van der Waals surface area contributed by atoms with Crippen molar-refractivity contribution in [3.8, 4) is 0 Å². The molecule has 4 heteroatoms. The summed E-state index contributed by atoms with van der Waals surface area (Å²) in [6.45, 7) is 4.60. The smallest absolute Gasteiger partial charge is 0.293 e. The maximum Gasteiger partial charge on any atom is 0.293 e. The van der Waals surface area contributed by atoms with Crippen LogP contribution in [0.2, 0.25) is 0 Å². The Bertz CT molecular complexity index is 563. The minimum absolute atomic E-state index is 0.0547. The van der Waals surface area contributed by atoms with Crippen LogP contribution in [0.1, 0.15) is 25.5 Å². The van der Waals surface area contributed by atoms with E-state index in [4.69, 9.17) is 0 Å². The summed E-state index contributed by atoms with van der Waals surface area (Å²) in [5.41, 5.74) is 1.05. The highest BCUT2D eigenvalue weighted by Gasteiger charge is 2.09. The van der Waals surface area contributed by atoms with Crippen molar-refractivity contribution in [1.82, 2.24) is 9.55 Å². The molecule has 0 bridgehead atoms. The average Bonchev–Trinajstić information content (AvgIpc) is 2.42. The summed E-state index contributed by atoms with van der Waals surface area (Å²) in [5.74, 6) is 0.399. The number of benzene rings is 1. The first-order valence-electron chi connectivity index (χ1n) is 6.09. The van der Waals surface area contributed by atoms with Crippen LogP contribution >= 0.6 is 0 Å². The molecule has 18 heavy (non-hydrogen) atoms. The van der Waals surface area contributed by atoms with Crippen LogP contribution in [0, 0.1) is 0 Å². The molecule has 1 heterocycles. The molecule has 94 valence electrons. The molecule has 0 aliphatic heterocycles. The van der Waals surface area contributed by atoms with Crippen molar-refractivity contribution in [3.05, 3.63) is 58.6 Å². The third kappa shape index (κ3) is 2.59. The van der Waals surface area contributed by atoms with Crippen LogP contribution in [0.5, 0.6) is 0 Å². The molecule has 2 aromatic rings. The van der Waals surface area contributed by atoms with Gasteiger partial charge in [-0.1, -0.05) is 30.3 Å². The molecule has 2 rings (SSSR count). The van der Waals surface area contributed by atoms with E-state index in [0.29, 0.717) is 12.4 Å². The fourth-order valence-corrected chi connectivity index (χ4v) is 1.83. The first-order chi connectivity index (χ1) is 8.72. The molecule has 1 aromatic heterocycles. The molecule has 1 atom stereocenters. The van der Waals surface area contributed by atoms with Gasteiger partial charge in [-0.05, 0) is 19.4 Å². The van der Waals surface area contributed by atoms with Gasteiger partial charge >= 0.3 is 0 Å². The zero-order valence-electron chi connectivity index (χ0n) is 10.6. The first kappa shape index (κ1) is 12.4. The highest BCUT2D eigenvalue weighted by Crippen LogP contribution is 2.14. The van der Waals surface area contributed by atoms with Crippen LogP contribution in [0.3, 0.4) is 0 Å². The summed E-state index contributed by atoms with van der Waals surface area (Å²) in [5, 5.41) is 3.16. The quantitative estimate of drug-likeness (QED) is 0.897. The van der Waals surface area contributed by atoms with E-state index < -0.39 is 0 Å². The number of aryl methyl sites for hydroxylation is 1. The molecular weight excluding hydrogens is 226 g/mol. The predicted molar refractivity (Wildman–Crippen MR) is 72.7 cm³/mol. The fraction of sp³-hybridized carbons (Fsp3) is 0.286. The highest BCUT2D eigenvalue weighted by molar-refractivity contribution is 5.35. The molecule has 0 saturated carbocycles. The summed E-state index contributed by atoms with van der Waals surface area (Å²) in [6, 6.07) is 10.0. The Hall–Kier alpha value is -2.10. The van der Waals surface area contributed by atoms with Crippen LogP contribution in [0.4, 0.5) is 5.82 Å². The van der Waals surface area contributed by atoms with Gasteiger partial charge in [0.1, 0.15) is 0 Å². The third-order valence-corrected chi connectivity index (χ3v) is 2.91. The second-order valence-electron chi connectivity index (χ2n) is 4.14. The van der Waals surface area contributed by atoms with Gasteiger partial charge in [0.2, 0.25) is 0 Å². The van der Waals surface area contributed by atoms with Crippen molar-refractivity contribution in [1.29, 1.82) is 0 Å². The summed E-state index contributed by atoms with van der Waals surface area (Å²) < 4.78 is 1.63. The van der Waals surface area contributed by atoms with E-state index in [1.54, 1.807) is 17.0 Å². The number of nitrogens with one attached hydrogen (secondary N) is 1. The van der Waals surface area contributed by atoms with E-state index in [-0.39, 0.29) is 11.6 Å². The molecule has 0 fully saturated rings. The van der Waals surface area contributed by atoms with Crippen LogP contribution in [0.15, 0.2) is 47.5 Å². The topological polar surface area (TPSA) is 46.9 Å². The average molecular weight is 243 g/mol. The molecule has 0 aliphatic rings. The van der Waals surface area contributed by atoms with Crippen LogP contribution in [-0.4, -0.2) is 9.55 Å². The van der Waals surface area contributed by atoms with Crippen LogP contribution in [0.25, 0.3) is 0 Å². The van der Waals surface area contributed by atoms with E-state index >= 15 is 0 Å². The van der Waals surface area contributed by atoms with Crippen molar-refractivity contribution in [2.45, 2.75) is 26.4 Å². The van der Waals surface area contributed by atoms with Crippen molar-refractivity contribution in [2.24, 2.45) is 0 Å². The number of anilines is 1. The number of rotatable bonds is 4. The van der Waals surface area contributed by atoms with E-state index in [9.17, 15) is 4.79 Å². The number of hydrogen-bond donors (Lipinski definition) is 1. The van der Waals surface area contributed by atoms with E-state index in [0.717, 1.165) is 5.56 Å². The lowest BCUT2D eigenvalue weighted by atomic mass is 10.1. The Morgan fingerprint density at radius 2 is 2.06 bits per heavy atom. The second kappa shape index (κ2) is 5.49. The van der Waals surface area contributed by atoms with Gasteiger partial charge < -0.3 is 9.88 Å². The zero-order valence-corrected chi connectivity index (χ0v) is 10.6. The molecular formula is C14H17N3O. The summed E-state index contributed by atoms with van der Waals surface area (Å²) in [6.07, 6.45) is 3.34. The van der Waals surface area contributed by atoms with Gasteiger partial charge in [0.25, 0.3) is 5.56 Å². The van der Waals surface area contributed by atoms with Crippen molar-refractivity contribution in [2.75, 3.05) is 5.32 Å². The molecule has 0 aliphatic carbocycles. The molecule has 1 unspecified atom stereocenters. The fourth-order valence-electron chi connectivity index (χ4n) is 1.83. The van der Waals surface area contributed by atoms with Gasteiger partial charge in [0.05, 0.1) is 6.04 Å². The first-order valence-corrected chi connectivity index (χ1v) is 6.09. The SMILES string of the molecule is CCn1ccnc(NC(C)c2ccccc2)c1=O. The maximum atomic E-state index is 12.0. The van der Waals surface area contributed by atoms with E-state index in [1.165, 1.54) is 0 Å². The number of aromatic nitrogens is 2. The predicted octanol–water partition coefficient (Wildman–Crippen LogP) is 2.44. The zero-order chi connectivity index (χ0) is 13.0. The van der Waals surface area contributed by atoms with Crippen molar-refractivity contribution < 1.29 is 0 Å². The molecule has 1 N–H and O–H groups in total. The Morgan fingerprint density at radius 1 is 1.33 bits per heavy atom. The van der Waals surface area contributed by atoms with Gasteiger partial charge in [0, 0.05) is 18.9 Å². The molecule has 0 radical (unpaired) electrons. The van der Waals surface area contributed by atoms with Crippen LogP contribution in [-0.2, 0) is 6.54 Å². The lowest BCUT2D eigenvalue weighted by molar-refractivity contribution is 0.714. The van der Waals surface area contributed by atoms with Gasteiger partial charge in [-0.3, -0.25) is 4.79 Å². The Labute approximate surface area is 106 Å². The largest absolute Gasteiger partial charge is 0.359 e. The summed E-state index contributed by atoms with van der Waals surface area (Å²) in [7, 11) is 0. The Kier molecular flexibility index (Phi) is 3.77. The number of nitrogens with zero attached hydrogens (tertiary/aromatic N) is 2. The lowest BCUT2D eigenvalue weighted by Gasteiger charge is -2.14. The van der Waals surface area contributed by atoms with Gasteiger partial charge in [-0.2, -0.15) is 0 Å². The summed E-state index contributed by atoms with van der Waals surface area (Å²) >= 11 is 0. The molecule has 0 spiro atoms. The van der Waals surface area contributed by atoms with Crippen molar-refractivity contribution in [3.63, 3.8) is 0 Å². The Balaban J connectivity index is 2.22. The second-order valence-corrected chi connectivity index (χ2v) is 4.14. The number of hydrogen-bond acceptors (Lipinski definition) is 3. The minimum atomic E-state index is -0.0808. The minimum Gasteiger partial charge on any atom is -0.359 e. The highest BCUT2D eigenvalue weighted by atomic mass is 16.1. The van der Waals surface area contributed by atoms with E-state index in [2.05, 4.69) is 10.3 Å². The lowest BCUT2D eigenvalue weighted by Crippen LogP contribution is -2.24. The standard InChI is InChI=1S/C14H17N3O/c1-3-17-10-9-15-13(14(17)18)16-11(2)12-7-5-4-6-8-12/h4-11H,3H2,1-2H3,(H,15,16).